The number of carbonyl (C=O) groups is 1. The van der Waals surface area contributed by atoms with Crippen LogP contribution in [-0.4, -0.2) is 56.6 Å². The predicted molar refractivity (Wildman–Crippen MR) is 103 cm³/mol. The summed E-state index contributed by atoms with van der Waals surface area (Å²) >= 11 is 0. The van der Waals surface area contributed by atoms with Gasteiger partial charge in [-0.25, -0.2) is 13.2 Å². The third-order valence-electron chi connectivity index (χ3n) is 4.81. The fraction of sp³-hybridized carbons (Fsp3) is 0.316. The van der Waals surface area contributed by atoms with Crippen LogP contribution >= 0.6 is 0 Å². The maximum atomic E-state index is 12.8. The molecule has 8 nitrogen and oxygen atoms in total. The summed E-state index contributed by atoms with van der Waals surface area (Å²) in [6, 6.07) is 11.7. The van der Waals surface area contributed by atoms with Gasteiger partial charge in [0.15, 0.2) is 11.5 Å². The van der Waals surface area contributed by atoms with Gasteiger partial charge in [-0.3, -0.25) is 0 Å². The molecule has 1 fully saturated rings. The summed E-state index contributed by atoms with van der Waals surface area (Å²) in [4.78, 5) is 14.4. The lowest BCUT2D eigenvalue weighted by molar-refractivity contribution is 0.174. The quantitative estimate of drug-likeness (QED) is 0.849. The highest BCUT2D eigenvalue weighted by atomic mass is 32.2. The number of sulfonamides is 1. The van der Waals surface area contributed by atoms with Gasteiger partial charge in [0.2, 0.25) is 16.8 Å². The minimum Gasteiger partial charge on any atom is -0.454 e. The molecule has 2 aliphatic rings. The highest BCUT2D eigenvalue weighted by Gasteiger charge is 2.30. The molecule has 0 aliphatic carbocycles. The Bertz CT molecular complexity index is 983. The van der Waals surface area contributed by atoms with Crippen LogP contribution in [-0.2, 0) is 10.0 Å². The second-order valence-electron chi connectivity index (χ2n) is 6.70. The first-order valence-electron chi connectivity index (χ1n) is 8.96. The molecule has 9 heteroatoms. The van der Waals surface area contributed by atoms with Crippen molar-refractivity contribution in [2.75, 3.05) is 38.3 Å². The van der Waals surface area contributed by atoms with Crippen LogP contribution in [0.3, 0.4) is 0 Å². The molecular formula is C19H21N3O5S. The molecule has 0 aromatic heterocycles. The van der Waals surface area contributed by atoms with Crippen molar-refractivity contribution in [2.24, 2.45) is 0 Å². The average molecular weight is 403 g/mol. The lowest BCUT2D eigenvalue weighted by Crippen LogP contribution is -2.51. The van der Waals surface area contributed by atoms with Crippen LogP contribution in [0.1, 0.15) is 5.56 Å². The minimum atomic E-state index is -3.55. The van der Waals surface area contributed by atoms with Gasteiger partial charge in [0.25, 0.3) is 0 Å². The average Bonchev–Trinajstić information content (AvgIpc) is 3.16. The predicted octanol–water partition coefficient (Wildman–Crippen LogP) is 2.26. The largest absolute Gasteiger partial charge is 0.454 e. The van der Waals surface area contributed by atoms with Crippen molar-refractivity contribution in [2.45, 2.75) is 11.8 Å². The van der Waals surface area contributed by atoms with Gasteiger partial charge in [-0.2, -0.15) is 4.31 Å². The molecule has 2 aromatic rings. The maximum Gasteiger partial charge on any atom is 0.321 e. The Hall–Kier alpha value is -2.78. The number of aryl methyl sites for hydroxylation is 1. The molecule has 2 amide bonds. The number of rotatable bonds is 3. The second kappa shape index (κ2) is 7.33. The smallest absolute Gasteiger partial charge is 0.321 e. The third kappa shape index (κ3) is 3.63. The van der Waals surface area contributed by atoms with E-state index in [4.69, 9.17) is 9.47 Å². The van der Waals surface area contributed by atoms with Gasteiger partial charge in [-0.05, 0) is 31.2 Å². The zero-order chi connectivity index (χ0) is 19.7. The number of amides is 2. The molecule has 0 atom stereocenters. The molecule has 1 N–H and O–H groups in total. The number of urea groups is 1. The zero-order valence-electron chi connectivity index (χ0n) is 15.4. The van der Waals surface area contributed by atoms with Crippen molar-refractivity contribution in [3.05, 3.63) is 48.0 Å². The highest BCUT2D eigenvalue weighted by molar-refractivity contribution is 7.89. The van der Waals surface area contributed by atoms with E-state index in [0.29, 0.717) is 30.3 Å². The first kappa shape index (κ1) is 18.6. The molecule has 28 heavy (non-hydrogen) atoms. The van der Waals surface area contributed by atoms with Gasteiger partial charge in [0.05, 0.1) is 4.90 Å². The number of carbonyl (C=O) groups excluding carboxylic acids is 1. The number of ether oxygens (including phenoxy) is 2. The van der Waals surface area contributed by atoms with Crippen LogP contribution in [0.4, 0.5) is 10.5 Å². The Kier molecular flexibility index (Phi) is 4.86. The van der Waals surface area contributed by atoms with Gasteiger partial charge < -0.3 is 19.7 Å². The van der Waals surface area contributed by atoms with Gasteiger partial charge in [-0.1, -0.05) is 17.7 Å². The Morgan fingerprint density at radius 2 is 1.64 bits per heavy atom. The van der Waals surface area contributed by atoms with E-state index in [1.165, 1.54) is 4.31 Å². The maximum absolute atomic E-state index is 12.8. The van der Waals surface area contributed by atoms with Gasteiger partial charge in [0.1, 0.15) is 0 Å². The first-order chi connectivity index (χ1) is 13.4. The van der Waals surface area contributed by atoms with Crippen molar-refractivity contribution in [3.8, 4) is 11.5 Å². The van der Waals surface area contributed by atoms with E-state index in [2.05, 4.69) is 5.32 Å². The van der Waals surface area contributed by atoms with Gasteiger partial charge in [0, 0.05) is 37.9 Å². The molecule has 2 heterocycles. The Balaban J connectivity index is 1.37. The Morgan fingerprint density at radius 3 is 2.36 bits per heavy atom. The number of hydrogen-bond donors (Lipinski definition) is 1. The lowest BCUT2D eigenvalue weighted by Gasteiger charge is -2.34. The van der Waals surface area contributed by atoms with E-state index in [-0.39, 0.29) is 30.8 Å². The lowest BCUT2D eigenvalue weighted by atomic mass is 10.2. The second-order valence-corrected chi connectivity index (χ2v) is 8.64. The number of hydrogen-bond acceptors (Lipinski definition) is 5. The number of anilines is 1. The van der Waals surface area contributed by atoms with Crippen molar-refractivity contribution < 1.29 is 22.7 Å². The summed E-state index contributed by atoms with van der Waals surface area (Å²) in [6.45, 7) is 3.23. The summed E-state index contributed by atoms with van der Waals surface area (Å²) < 4.78 is 37.5. The normalized spacial score (nSPS) is 16.8. The molecule has 2 aromatic carbocycles. The highest BCUT2D eigenvalue weighted by Crippen LogP contribution is 2.34. The van der Waals surface area contributed by atoms with Gasteiger partial charge >= 0.3 is 6.03 Å². The van der Waals surface area contributed by atoms with Crippen molar-refractivity contribution in [1.29, 1.82) is 0 Å². The molecule has 2 aliphatic heterocycles. The molecule has 1 saturated heterocycles. The van der Waals surface area contributed by atoms with Gasteiger partial charge in [-0.15, -0.1) is 0 Å². The summed E-state index contributed by atoms with van der Waals surface area (Å²) in [5.74, 6) is 1.24. The van der Waals surface area contributed by atoms with Crippen LogP contribution < -0.4 is 14.8 Å². The Morgan fingerprint density at radius 1 is 0.964 bits per heavy atom. The SMILES string of the molecule is Cc1ccc(S(=O)(=O)N2CCN(C(=O)Nc3ccc4c(c3)OCO4)CC2)cc1. The fourth-order valence-corrected chi connectivity index (χ4v) is 4.59. The van der Waals surface area contributed by atoms with Crippen LogP contribution in [0.5, 0.6) is 11.5 Å². The van der Waals surface area contributed by atoms with Crippen LogP contribution in [0.15, 0.2) is 47.4 Å². The van der Waals surface area contributed by atoms with E-state index in [1.807, 2.05) is 6.92 Å². The number of nitrogens with one attached hydrogen (secondary N) is 1. The fourth-order valence-electron chi connectivity index (χ4n) is 3.17. The molecule has 0 unspecified atom stereocenters. The zero-order valence-corrected chi connectivity index (χ0v) is 16.2. The summed E-state index contributed by atoms with van der Waals surface area (Å²) in [5, 5.41) is 2.82. The monoisotopic (exact) mass is 403 g/mol. The third-order valence-corrected chi connectivity index (χ3v) is 6.72. The molecule has 0 radical (unpaired) electrons. The number of fused-ring (bicyclic) bond motifs is 1. The van der Waals surface area contributed by atoms with Crippen LogP contribution in [0.25, 0.3) is 0 Å². The molecule has 148 valence electrons. The van der Waals surface area contributed by atoms with E-state index in [0.717, 1.165) is 5.56 Å². The topological polar surface area (TPSA) is 88.2 Å². The van der Waals surface area contributed by atoms with Crippen molar-refractivity contribution >= 4 is 21.7 Å². The van der Waals surface area contributed by atoms with Crippen molar-refractivity contribution in [3.63, 3.8) is 0 Å². The first-order valence-corrected chi connectivity index (χ1v) is 10.4. The molecule has 4 rings (SSSR count). The summed E-state index contributed by atoms with van der Waals surface area (Å²) in [7, 11) is -3.55. The van der Waals surface area contributed by atoms with Crippen molar-refractivity contribution in [1.82, 2.24) is 9.21 Å². The van der Waals surface area contributed by atoms with E-state index in [1.54, 1.807) is 47.4 Å². The number of benzene rings is 2. The Labute approximate surface area is 163 Å². The standard InChI is InChI=1S/C19H21N3O5S/c1-14-2-5-16(6-3-14)28(24,25)22-10-8-21(9-11-22)19(23)20-15-4-7-17-18(12-15)27-13-26-17/h2-7,12H,8-11,13H2,1H3,(H,20,23). The van der Waals surface area contributed by atoms with E-state index < -0.39 is 10.0 Å². The molecule has 0 bridgehead atoms. The van der Waals surface area contributed by atoms with E-state index in [9.17, 15) is 13.2 Å². The van der Waals surface area contributed by atoms with Crippen LogP contribution in [0, 0.1) is 6.92 Å². The van der Waals surface area contributed by atoms with E-state index >= 15 is 0 Å². The summed E-state index contributed by atoms with van der Waals surface area (Å²) in [6.07, 6.45) is 0. The minimum absolute atomic E-state index is 0.171. The molecule has 0 saturated carbocycles. The van der Waals surface area contributed by atoms with Crippen LogP contribution in [0.2, 0.25) is 0 Å². The number of nitrogens with zero attached hydrogens (tertiary/aromatic N) is 2. The summed E-state index contributed by atoms with van der Waals surface area (Å²) in [5.41, 5.74) is 1.60. The molecule has 0 spiro atoms. The number of piperazine rings is 1. The molecular weight excluding hydrogens is 382 g/mol.